The van der Waals surface area contributed by atoms with Gasteiger partial charge in [-0.25, -0.2) is 12.7 Å². The molecule has 21 heavy (non-hydrogen) atoms. The molecule has 1 heterocycles. The number of nitrogens with two attached hydrogens (primary N) is 1. The molecule has 1 saturated heterocycles. The Morgan fingerprint density at radius 3 is 2.33 bits per heavy atom. The van der Waals surface area contributed by atoms with Gasteiger partial charge in [-0.2, -0.15) is 0 Å². The minimum absolute atomic E-state index is 0.0194. The van der Waals surface area contributed by atoms with Gasteiger partial charge in [-0.3, -0.25) is 0 Å². The van der Waals surface area contributed by atoms with E-state index < -0.39 is 10.0 Å². The largest absolute Gasteiger partial charge is 0.396 e. The molecule has 0 aliphatic carbocycles. The number of piperidine rings is 1. The maximum Gasteiger partial charge on any atom is 0.218 e. The van der Waals surface area contributed by atoms with Gasteiger partial charge in [0.1, 0.15) is 4.99 Å². The van der Waals surface area contributed by atoms with E-state index in [1.165, 1.54) is 4.31 Å². The first-order valence-corrected chi connectivity index (χ1v) is 8.91. The Kier molecular flexibility index (Phi) is 5.32. The molecule has 0 bridgehead atoms. The Hall–Kier alpha value is -1.02. The number of nitrogens with zero attached hydrogens (tertiary/aromatic N) is 1. The van der Waals surface area contributed by atoms with Crippen LogP contribution in [0.4, 0.5) is 0 Å². The summed E-state index contributed by atoms with van der Waals surface area (Å²) in [5.41, 5.74) is 6.97. The second kappa shape index (κ2) is 6.83. The normalized spacial score (nSPS) is 17.8. The lowest BCUT2D eigenvalue weighted by molar-refractivity contribution is 0.170. The second-order valence-corrected chi connectivity index (χ2v) is 7.75. The molecular formula is C14H20N2O3S2. The van der Waals surface area contributed by atoms with E-state index in [2.05, 4.69) is 0 Å². The highest BCUT2D eigenvalue weighted by Crippen LogP contribution is 2.21. The van der Waals surface area contributed by atoms with Crippen molar-refractivity contribution in [3.8, 4) is 0 Å². The first kappa shape index (κ1) is 16.4. The van der Waals surface area contributed by atoms with Crippen molar-refractivity contribution in [2.24, 2.45) is 11.7 Å². The fraction of sp³-hybridized carbons (Fsp3) is 0.500. The monoisotopic (exact) mass is 328 g/mol. The summed E-state index contributed by atoms with van der Waals surface area (Å²) in [4.78, 5) is 0.301. The van der Waals surface area contributed by atoms with Gasteiger partial charge in [0.2, 0.25) is 10.0 Å². The molecule has 0 unspecified atom stereocenters. The molecule has 116 valence electrons. The molecule has 0 radical (unpaired) electrons. The van der Waals surface area contributed by atoms with E-state index in [1.807, 2.05) is 0 Å². The van der Waals surface area contributed by atoms with Gasteiger partial charge in [0.25, 0.3) is 0 Å². The zero-order valence-electron chi connectivity index (χ0n) is 11.7. The van der Waals surface area contributed by atoms with Crippen LogP contribution < -0.4 is 5.73 Å². The number of aliphatic hydroxyl groups is 1. The number of sulfonamides is 1. The number of thiocarbonyl (C=S) groups is 1. The summed E-state index contributed by atoms with van der Waals surface area (Å²) in [6.45, 7) is 1.10. The number of benzene rings is 1. The average molecular weight is 328 g/mol. The molecule has 0 atom stereocenters. The zero-order valence-corrected chi connectivity index (χ0v) is 13.4. The molecule has 0 spiro atoms. The van der Waals surface area contributed by atoms with E-state index in [4.69, 9.17) is 23.1 Å². The molecule has 0 saturated carbocycles. The van der Waals surface area contributed by atoms with Gasteiger partial charge in [-0.1, -0.05) is 36.5 Å². The Morgan fingerprint density at radius 2 is 1.86 bits per heavy atom. The average Bonchev–Trinajstić information content (AvgIpc) is 2.47. The third-order valence-electron chi connectivity index (χ3n) is 3.81. The maximum atomic E-state index is 12.4. The highest BCUT2D eigenvalue weighted by molar-refractivity contribution is 7.88. The van der Waals surface area contributed by atoms with Crippen molar-refractivity contribution in [3.05, 3.63) is 35.4 Å². The minimum Gasteiger partial charge on any atom is -0.396 e. The molecule has 2 rings (SSSR count). The molecule has 1 aromatic rings. The van der Waals surface area contributed by atoms with Crippen LogP contribution in [0.2, 0.25) is 0 Å². The number of aliphatic hydroxyl groups excluding tert-OH is 1. The predicted molar refractivity (Wildman–Crippen MR) is 86.3 cm³/mol. The summed E-state index contributed by atoms with van der Waals surface area (Å²) in [6, 6.07) is 6.97. The van der Waals surface area contributed by atoms with E-state index in [-0.39, 0.29) is 18.3 Å². The zero-order chi connectivity index (χ0) is 15.5. The van der Waals surface area contributed by atoms with Crippen LogP contribution in [-0.2, 0) is 15.8 Å². The minimum atomic E-state index is -3.31. The van der Waals surface area contributed by atoms with Gasteiger partial charge in [-0.05, 0) is 24.3 Å². The van der Waals surface area contributed by atoms with Gasteiger partial charge >= 0.3 is 0 Å². The molecule has 3 N–H and O–H groups in total. The topological polar surface area (TPSA) is 83.6 Å². The van der Waals surface area contributed by atoms with E-state index in [1.54, 1.807) is 24.3 Å². The molecule has 7 heteroatoms. The highest BCUT2D eigenvalue weighted by Gasteiger charge is 2.27. The van der Waals surface area contributed by atoms with Crippen LogP contribution in [-0.4, -0.2) is 42.5 Å². The third kappa shape index (κ3) is 4.23. The third-order valence-corrected chi connectivity index (χ3v) is 5.90. The number of hydrogen-bond acceptors (Lipinski definition) is 4. The molecule has 0 aromatic heterocycles. The van der Waals surface area contributed by atoms with Crippen LogP contribution in [0.5, 0.6) is 0 Å². The van der Waals surface area contributed by atoms with Crippen molar-refractivity contribution in [1.29, 1.82) is 0 Å². The molecule has 1 aromatic carbocycles. The molecular weight excluding hydrogens is 308 g/mol. The predicted octanol–water partition coefficient (Wildman–Crippen LogP) is 0.855. The van der Waals surface area contributed by atoms with Crippen molar-refractivity contribution < 1.29 is 13.5 Å². The summed E-state index contributed by atoms with van der Waals surface area (Å²) < 4.78 is 26.3. The quantitative estimate of drug-likeness (QED) is 0.783. The molecule has 1 fully saturated rings. The molecule has 1 aliphatic rings. The number of rotatable bonds is 5. The van der Waals surface area contributed by atoms with Crippen molar-refractivity contribution >= 4 is 27.2 Å². The van der Waals surface area contributed by atoms with Crippen LogP contribution in [0.25, 0.3) is 0 Å². The summed E-state index contributed by atoms with van der Waals surface area (Å²) in [5, 5.41) is 9.10. The Balaban J connectivity index is 2.02. The standard InChI is InChI=1S/C14H20N2O3S2/c15-14(20)13-3-1-12(2-4-13)10-21(18,19)16-7-5-11(9-17)6-8-16/h1-4,11,17H,5-10H2,(H2,15,20). The van der Waals surface area contributed by atoms with E-state index in [0.29, 0.717) is 18.1 Å². The lowest BCUT2D eigenvalue weighted by atomic mass is 10.00. The van der Waals surface area contributed by atoms with Crippen LogP contribution in [0.3, 0.4) is 0 Å². The summed E-state index contributed by atoms with van der Waals surface area (Å²) in [6.07, 6.45) is 1.44. The smallest absolute Gasteiger partial charge is 0.218 e. The van der Waals surface area contributed by atoms with Crippen LogP contribution >= 0.6 is 12.2 Å². The SMILES string of the molecule is NC(=S)c1ccc(CS(=O)(=O)N2CCC(CO)CC2)cc1. The molecule has 5 nitrogen and oxygen atoms in total. The van der Waals surface area contributed by atoms with Gasteiger partial charge in [-0.15, -0.1) is 0 Å². The van der Waals surface area contributed by atoms with E-state index in [0.717, 1.165) is 24.0 Å². The highest BCUT2D eigenvalue weighted by atomic mass is 32.2. The van der Waals surface area contributed by atoms with Gasteiger partial charge in [0.15, 0.2) is 0 Å². The lowest BCUT2D eigenvalue weighted by Gasteiger charge is -2.30. The van der Waals surface area contributed by atoms with Gasteiger partial charge in [0.05, 0.1) is 5.75 Å². The van der Waals surface area contributed by atoms with Gasteiger partial charge < -0.3 is 10.8 Å². The first-order chi connectivity index (χ1) is 9.92. The number of hydrogen-bond donors (Lipinski definition) is 2. The van der Waals surface area contributed by atoms with Crippen molar-refractivity contribution in [2.75, 3.05) is 19.7 Å². The van der Waals surface area contributed by atoms with Crippen LogP contribution in [0.1, 0.15) is 24.0 Å². The van der Waals surface area contributed by atoms with E-state index >= 15 is 0 Å². The van der Waals surface area contributed by atoms with Crippen LogP contribution in [0.15, 0.2) is 24.3 Å². The maximum absolute atomic E-state index is 12.4. The Bertz CT molecular complexity index is 591. The van der Waals surface area contributed by atoms with E-state index in [9.17, 15) is 8.42 Å². The summed E-state index contributed by atoms with van der Waals surface area (Å²) >= 11 is 4.87. The second-order valence-electron chi connectivity index (χ2n) is 5.34. The Labute approximate surface area is 130 Å². The van der Waals surface area contributed by atoms with Crippen molar-refractivity contribution in [3.63, 3.8) is 0 Å². The van der Waals surface area contributed by atoms with Gasteiger partial charge in [0, 0.05) is 25.3 Å². The summed E-state index contributed by atoms with van der Waals surface area (Å²) in [7, 11) is -3.31. The fourth-order valence-corrected chi connectivity index (χ4v) is 4.14. The van der Waals surface area contributed by atoms with Crippen molar-refractivity contribution in [2.45, 2.75) is 18.6 Å². The molecule has 0 amide bonds. The van der Waals surface area contributed by atoms with Crippen molar-refractivity contribution in [1.82, 2.24) is 4.31 Å². The fourth-order valence-electron chi connectivity index (χ4n) is 2.44. The summed E-state index contributed by atoms with van der Waals surface area (Å²) in [5.74, 6) is 0.204. The van der Waals surface area contributed by atoms with Crippen LogP contribution in [0, 0.1) is 5.92 Å². The lowest BCUT2D eigenvalue weighted by Crippen LogP contribution is -2.39. The Morgan fingerprint density at radius 1 is 1.29 bits per heavy atom. The first-order valence-electron chi connectivity index (χ1n) is 6.90. The molecule has 1 aliphatic heterocycles.